The van der Waals surface area contributed by atoms with E-state index < -0.39 is 0 Å². The first-order chi connectivity index (χ1) is 8.11. The lowest BCUT2D eigenvalue weighted by atomic mass is 10.1. The monoisotopic (exact) mass is 232 g/mol. The predicted octanol–water partition coefficient (Wildman–Crippen LogP) is 1.76. The Bertz CT molecular complexity index is 478. The first-order valence-electron chi connectivity index (χ1n) is 5.82. The molecule has 4 heteroatoms. The van der Waals surface area contributed by atoms with Crippen molar-refractivity contribution in [3.8, 4) is 0 Å². The number of fused-ring (bicyclic) bond motifs is 1. The molecule has 0 aliphatic carbocycles. The van der Waals surface area contributed by atoms with Crippen molar-refractivity contribution >= 4 is 17.5 Å². The second-order valence-corrected chi connectivity index (χ2v) is 4.04. The van der Waals surface area contributed by atoms with Crippen molar-refractivity contribution in [1.29, 1.82) is 0 Å². The molecule has 17 heavy (non-hydrogen) atoms. The van der Waals surface area contributed by atoms with Gasteiger partial charge in [-0.2, -0.15) is 0 Å². The molecule has 90 valence electrons. The van der Waals surface area contributed by atoms with Crippen molar-refractivity contribution in [3.05, 3.63) is 29.3 Å². The zero-order chi connectivity index (χ0) is 12.6. The Morgan fingerprint density at radius 2 is 1.76 bits per heavy atom. The van der Waals surface area contributed by atoms with Crippen LogP contribution in [0.25, 0.3) is 0 Å². The van der Waals surface area contributed by atoms with Gasteiger partial charge in [-0.05, 0) is 26.0 Å². The highest BCUT2D eigenvalue weighted by Gasteiger charge is 2.35. The zero-order valence-electron chi connectivity index (χ0n) is 10.4. The van der Waals surface area contributed by atoms with Crippen molar-refractivity contribution in [3.63, 3.8) is 0 Å². The number of carbonyl (C=O) groups excluding carboxylic acids is 2. The molecule has 0 saturated heterocycles. The topological polar surface area (TPSA) is 40.6 Å². The number of hydrogen-bond acceptors (Lipinski definition) is 3. The number of nitrogens with zero attached hydrogens (tertiary/aromatic N) is 2. The van der Waals surface area contributed by atoms with Crippen LogP contribution in [0.5, 0.6) is 0 Å². The Morgan fingerprint density at radius 3 is 2.35 bits per heavy atom. The van der Waals surface area contributed by atoms with E-state index in [0.717, 1.165) is 18.8 Å². The number of carbonyl (C=O) groups is 2. The summed E-state index contributed by atoms with van der Waals surface area (Å²) in [7, 11) is 1.52. The largest absolute Gasteiger partial charge is 0.371 e. The van der Waals surface area contributed by atoms with Crippen LogP contribution in [-0.2, 0) is 0 Å². The van der Waals surface area contributed by atoms with Crippen LogP contribution in [0, 0.1) is 0 Å². The predicted molar refractivity (Wildman–Crippen MR) is 66.4 cm³/mol. The summed E-state index contributed by atoms with van der Waals surface area (Å²) in [5.41, 5.74) is 1.92. The summed E-state index contributed by atoms with van der Waals surface area (Å²) < 4.78 is 0. The van der Waals surface area contributed by atoms with Crippen molar-refractivity contribution < 1.29 is 9.59 Å². The quantitative estimate of drug-likeness (QED) is 0.746. The van der Waals surface area contributed by atoms with Gasteiger partial charge in [0.25, 0.3) is 11.8 Å². The molecule has 4 nitrogen and oxygen atoms in total. The number of anilines is 1. The summed E-state index contributed by atoms with van der Waals surface area (Å²) in [6, 6.07) is 5.44. The van der Waals surface area contributed by atoms with E-state index >= 15 is 0 Å². The van der Waals surface area contributed by atoms with E-state index in [1.807, 2.05) is 26.0 Å². The third-order valence-corrected chi connectivity index (χ3v) is 3.20. The minimum absolute atomic E-state index is 0.201. The summed E-state index contributed by atoms with van der Waals surface area (Å²) in [5, 5.41) is 0. The Labute approximate surface area is 101 Å². The highest BCUT2D eigenvalue weighted by Crippen LogP contribution is 2.30. The van der Waals surface area contributed by atoms with Crippen LogP contribution in [-0.4, -0.2) is 36.9 Å². The molecule has 0 fully saturated rings. The molecule has 1 aromatic rings. The molecule has 2 amide bonds. The highest BCUT2D eigenvalue weighted by atomic mass is 16.2. The summed E-state index contributed by atoms with van der Waals surface area (Å²) >= 11 is 0. The van der Waals surface area contributed by atoms with Crippen LogP contribution in [0.15, 0.2) is 18.2 Å². The number of hydrogen-bond donors (Lipinski definition) is 0. The van der Waals surface area contributed by atoms with Gasteiger partial charge in [-0.25, -0.2) is 0 Å². The lowest BCUT2D eigenvalue weighted by Crippen LogP contribution is -2.26. The molecule has 0 atom stereocenters. The second kappa shape index (κ2) is 4.20. The van der Waals surface area contributed by atoms with Crippen LogP contribution in [0.3, 0.4) is 0 Å². The van der Waals surface area contributed by atoms with Gasteiger partial charge in [0.1, 0.15) is 0 Å². The zero-order valence-corrected chi connectivity index (χ0v) is 10.4. The van der Waals surface area contributed by atoms with Crippen molar-refractivity contribution in [1.82, 2.24) is 4.90 Å². The average molecular weight is 232 g/mol. The smallest absolute Gasteiger partial charge is 0.263 e. The maximum atomic E-state index is 12.0. The molecule has 1 aliphatic heterocycles. The minimum atomic E-state index is -0.209. The van der Waals surface area contributed by atoms with Gasteiger partial charge in [0, 0.05) is 20.1 Å². The van der Waals surface area contributed by atoms with Crippen molar-refractivity contribution in [2.45, 2.75) is 13.8 Å². The van der Waals surface area contributed by atoms with Gasteiger partial charge >= 0.3 is 0 Å². The molecule has 0 spiro atoms. The van der Waals surface area contributed by atoms with E-state index in [1.54, 1.807) is 6.07 Å². The molecule has 1 aliphatic rings. The summed E-state index contributed by atoms with van der Waals surface area (Å²) in [5.74, 6) is -0.411. The maximum absolute atomic E-state index is 12.0. The first kappa shape index (κ1) is 11.6. The van der Waals surface area contributed by atoms with Gasteiger partial charge in [-0.3, -0.25) is 14.5 Å². The van der Waals surface area contributed by atoms with Gasteiger partial charge < -0.3 is 4.90 Å². The van der Waals surface area contributed by atoms with Gasteiger partial charge in [0.15, 0.2) is 0 Å². The first-order valence-corrected chi connectivity index (χ1v) is 5.82. The fourth-order valence-corrected chi connectivity index (χ4v) is 2.21. The summed E-state index contributed by atoms with van der Waals surface area (Å²) in [6.45, 7) is 5.71. The van der Waals surface area contributed by atoms with Gasteiger partial charge in [0.05, 0.1) is 16.8 Å². The summed E-state index contributed by atoms with van der Waals surface area (Å²) in [6.07, 6.45) is 0. The number of imide groups is 1. The second-order valence-electron chi connectivity index (χ2n) is 4.04. The van der Waals surface area contributed by atoms with Crippen LogP contribution in [0.1, 0.15) is 34.6 Å². The standard InChI is InChI=1S/C13H16N2O2/c1-4-15(5-2)10-8-6-7-9-11(10)13(17)14(3)12(9)16/h6-8H,4-5H2,1-3H3. The molecule has 2 rings (SSSR count). The van der Waals surface area contributed by atoms with Crippen LogP contribution in [0.4, 0.5) is 5.69 Å². The van der Waals surface area contributed by atoms with Gasteiger partial charge in [-0.1, -0.05) is 6.07 Å². The van der Waals surface area contributed by atoms with Crippen molar-refractivity contribution in [2.75, 3.05) is 25.0 Å². The molecule has 1 aromatic carbocycles. The minimum Gasteiger partial charge on any atom is -0.371 e. The number of amides is 2. The molecule has 0 N–H and O–H groups in total. The van der Waals surface area contributed by atoms with E-state index in [-0.39, 0.29) is 11.8 Å². The summed E-state index contributed by atoms with van der Waals surface area (Å²) in [4.78, 5) is 27.2. The maximum Gasteiger partial charge on any atom is 0.263 e. The van der Waals surface area contributed by atoms with E-state index in [4.69, 9.17) is 0 Å². The van der Waals surface area contributed by atoms with Crippen LogP contribution < -0.4 is 4.90 Å². The van der Waals surface area contributed by atoms with Crippen LogP contribution in [0.2, 0.25) is 0 Å². The van der Waals surface area contributed by atoms with E-state index in [2.05, 4.69) is 4.90 Å². The average Bonchev–Trinajstić information content (AvgIpc) is 2.57. The molecule has 1 heterocycles. The Hall–Kier alpha value is -1.84. The Balaban J connectivity index is 2.59. The third-order valence-electron chi connectivity index (χ3n) is 3.20. The number of benzene rings is 1. The van der Waals surface area contributed by atoms with Gasteiger partial charge in [0.2, 0.25) is 0 Å². The lowest BCUT2D eigenvalue weighted by Gasteiger charge is -2.22. The van der Waals surface area contributed by atoms with E-state index in [9.17, 15) is 9.59 Å². The van der Waals surface area contributed by atoms with Crippen LogP contribution >= 0.6 is 0 Å². The van der Waals surface area contributed by atoms with E-state index in [0.29, 0.717) is 11.1 Å². The Morgan fingerprint density at radius 1 is 1.12 bits per heavy atom. The third kappa shape index (κ3) is 1.60. The molecule has 0 saturated carbocycles. The molecule has 0 radical (unpaired) electrons. The fourth-order valence-electron chi connectivity index (χ4n) is 2.21. The Kier molecular flexibility index (Phi) is 2.88. The SMILES string of the molecule is CCN(CC)c1cccc2c1C(=O)N(C)C2=O. The fraction of sp³-hybridized carbons (Fsp3) is 0.385. The van der Waals surface area contributed by atoms with Gasteiger partial charge in [-0.15, -0.1) is 0 Å². The molecular formula is C13H16N2O2. The normalized spacial score (nSPS) is 14.2. The number of rotatable bonds is 3. The lowest BCUT2D eigenvalue weighted by molar-refractivity contribution is 0.0693. The van der Waals surface area contributed by atoms with E-state index in [1.165, 1.54) is 11.9 Å². The highest BCUT2D eigenvalue weighted by molar-refractivity contribution is 6.23. The molecule has 0 aromatic heterocycles. The molecule has 0 bridgehead atoms. The molecule has 0 unspecified atom stereocenters. The molecular weight excluding hydrogens is 216 g/mol. The van der Waals surface area contributed by atoms with Crippen molar-refractivity contribution in [2.24, 2.45) is 0 Å².